The number of nitrogens with one attached hydrogen (secondary N) is 1. The number of nitrogens with two attached hydrogens (primary N) is 1. The van der Waals surface area contributed by atoms with E-state index in [1.54, 1.807) is 0 Å². The van der Waals surface area contributed by atoms with Gasteiger partial charge in [-0.15, -0.1) is 0 Å². The van der Waals surface area contributed by atoms with Crippen LogP contribution in [0.1, 0.15) is 33.1 Å². The first-order valence-corrected chi connectivity index (χ1v) is 6.55. The van der Waals surface area contributed by atoms with Gasteiger partial charge < -0.3 is 11.1 Å². The monoisotopic (exact) mass is 238 g/mol. The van der Waals surface area contributed by atoms with E-state index in [9.17, 15) is 0 Å². The number of likely N-dealkylation sites (tertiary alicyclic amines) is 1. The number of hydrogen-bond donors (Lipinski definition) is 2. The zero-order valence-corrected chi connectivity index (χ0v) is 11.2. The van der Waals surface area contributed by atoms with Crippen molar-refractivity contribution >= 4 is 5.96 Å². The van der Waals surface area contributed by atoms with Crippen molar-refractivity contribution in [1.82, 2.24) is 10.2 Å². The second-order valence-electron chi connectivity index (χ2n) is 4.82. The van der Waals surface area contributed by atoms with Gasteiger partial charge in [-0.2, -0.15) is 0 Å². The molecule has 0 saturated carbocycles. The van der Waals surface area contributed by atoms with Crippen molar-refractivity contribution in [2.75, 3.05) is 26.2 Å². The van der Waals surface area contributed by atoms with Crippen LogP contribution in [0.3, 0.4) is 0 Å². The van der Waals surface area contributed by atoms with E-state index in [1.807, 2.05) is 6.92 Å². The third kappa shape index (κ3) is 5.22. The molecule has 3 N–H and O–H groups in total. The molecule has 1 heterocycles. The number of guanidine groups is 1. The molecule has 0 spiro atoms. The zero-order chi connectivity index (χ0) is 12.7. The molecule has 1 atom stereocenters. The lowest BCUT2D eigenvalue weighted by Crippen LogP contribution is -2.48. The second-order valence-corrected chi connectivity index (χ2v) is 4.82. The topological polar surface area (TPSA) is 53.6 Å². The van der Waals surface area contributed by atoms with Crippen LogP contribution in [0.15, 0.2) is 17.1 Å². The number of hydrogen-bond acceptors (Lipinski definition) is 2. The van der Waals surface area contributed by atoms with Crippen LogP contribution in [0, 0.1) is 0 Å². The molecule has 4 heteroatoms. The van der Waals surface area contributed by atoms with Gasteiger partial charge in [-0.3, -0.25) is 4.90 Å². The molecule has 0 bridgehead atoms. The lowest BCUT2D eigenvalue weighted by Gasteiger charge is -2.35. The molecule has 17 heavy (non-hydrogen) atoms. The van der Waals surface area contributed by atoms with Gasteiger partial charge in [-0.1, -0.05) is 25.5 Å². The minimum absolute atomic E-state index is 0.537. The van der Waals surface area contributed by atoms with Crippen LogP contribution in [-0.2, 0) is 0 Å². The molecule has 4 nitrogen and oxygen atoms in total. The van der Waals surface area contributed by atoms with Crippen molar-refractivity contribution in [2.45, 2.75) is 39.2 Å². The number of aliphatic imine (C=N–C) groups is 1. The molecule has 1 saturated heterocycles. The lowest BCUT2D eigenvalue weighted by atomic mass is 10.0. The summed E-state index contributed by atoms with van der Waals surface area (Å²) in [5.74, 6) is 0.537. The van der Waals surface area contributed by atoms with E-state index in [2.05, 4.69) is 28.7 Å². The van der Waals surface area contributed by atoms with Crippen molar-refractivity contribution in [3.05, 3.63) is 12.2 Å². The van der Waals surface area contributed by atoms with Crippen LogP contribution in [0.25, 0.3) is 0 Å². The molecule has 0 aromatic heterocycles. The summed E-state index contributed by atoms with van der Waals surface area (Å²) >= 11 is 0. The number of piperidine rings is 1. The van der Waals surface area contributed by atoms with Crippen LogP contribution in [0.5, 0.6) is 0 Å². The van der Waals surface area contributed by atoms with E-state index in [4.69, 9.17) is 5.73 Å². The first-order chi connectivity index (χ1) is 8.13. The Bertz CT molecular complexity index is 273. The maximum absolute atomic E-state index is 5.81. The Morgan fingerprint density at radius 2 is 2.29 bits per heavy atom. The highest BCUT2D eigenvalue weighted by atomic mass is 15.2. The quantitative estimate of drug-likeness (QED) is 0.432. The van der Waals surface area contributed by atoms with E-state index in [1.165, 1.54) is 25.8 Å². The van der Waals surface area contributed by atoms with Crippen LogP contribution >= 0.6 is 0 Å². The van der Waals surface area contributed by atoms with E-state index in [0.717, 1.165) is 18.7 Å². The fraction of sp³-hybridized carbons (Fsp3) is 0.769. The highest BCUT2D eigenvalue weighted by Crippen LogP contribution is 2.15. The number of likely N-dealkylation sites (N-methyl/N-ethyl adjacent to an activating group) is 1. The van der Waals surface area contributed by atoms with Gasteiger partial charge in [-0.25, -0.2) is 4.99 Å². The standard InChI is InChI=1S/C13H26N4/c1-4-17-8-6-5-7-12(17)10-16-13(14)15-9-11(2)3/h12H,2,4-10H2,1,3H3,(H3,14,15,16). The van der Waals surface area contributed by atoms with Crippen molar-refractivity contribution in [1.29, 1.82) is 0 Å². The first kappa shape index (κ1) is 14.0. The molecule has 0 aromatic rings. The summed E-state index contributed by atoms with van der Waals surface area (Å²) in [4.78, 5) is 6.74. The van der Waals surface area contributed by atoms with Gasteiger partial charge >= 0.3 is 0 Å². The van der Waals surface area contributed by atoms with Crippen molar-refractivity contribution in [2.24, 2.45) is 10.7 Å². The molecule has 1 unspecified atom stereocenters. The van der Waals surface area contributed by atoms with E-state index in [-0.39, 0.29) is 0 Å². The normalized spacial score (nSPS) is 22.5. The first-order valence-electron chi connectivity index (χ1n) is 6.55. The Morgan fingerprint density at radius 1 is 1.53 bits per heavy atom. The SMILES string of the molecule is C=C(C)CN=C(N)NCC1CCCCN1CC. The van der Waals surface area contributed by atoms with Crippen LogP contribution in [-0.4, -0.2) is 43.1 Å². The van der Waals surface area contributed by atoms with E-state index < -0.39 is 0 Å². The molecular weight excluding hydrogens is 212 g/mol. The number of rotatable bonds is 5. The molecule has 1 aliphatic rings. The fourth-order valence-corrected chi connectivity index (χ4v) is 2.21. The highest BCUT2D eigenvalue weighted by Gasteiger charge is 2.20. The predicted octanol–water partition coefficient (Wildman–Crippen LogP) is 1.34. The summed E-state index contributed by atoms with van der Waals surface area (Å²) in [5.41, 5.74) is 6.84. The van der Waals surface area contributed by atoms with Crippen LogP contribution < -0.4 is 11.1 Å². The summed E-state index contributed by atoms with van der Waals surface area (Å²) in [5, 5.41) is 3.22. The van der Waals surface area contributed by atoms with Gasteiger partial charge in [0, 0.05) is 12.6 Å². The maximum atomic E-state index is 5.81. The molecule has 0 aliphatic carbocycles. The second kappa shape index (κ2) is 7.33. The summed E-state index contributed by atoms with van der Waals surface area (Å²) in [6.07, 6.45) is 3.91. The summed E-state index contributed by atoms with van der Waals surface area (Å²) in [7, 11) is 0. The minimum atomic E-state index is 0.537. The minimum Gasteiger partial charge on any atom is -0.370 e. The van der Waals surface area contributed by atoms with Gasteiger partial charge in [0.05, 0.1) is 6.54 Å². The molecule has 0 aromatic carbocycles. The van der Waals surface area contributed by atoms with E-state index in [0.29, 0.717) is 18.5 Å². The van der Waals surface area contributed by atoms with Crippen molar-refractivity contribution < 1.29 is 0 Å². The van der Waals surface area contributed by atoms with E-state index >= 15 is 0 Å². The summed E-state index contributed by atoms with van der Waals surface area (Å²) < 4.78 is 0. The molecule has 0 radical (unpaired) electrons. The molecule has 1 fully saturated rings. The van der Waals surface area contributed by atoms with Crippen LogP contribution in [0.2, 0.25) is 0 Å². The average molecular weight is 238 g/mol. The number of nitrogens with zero attached hydrogens (tertiary/aromatic N) is 2. The Hall–Kier alpha value is -1.03. The van der Waals surface area contributed by atoms with Crippen molar-refractivity contribution in [3.8, 4) is 0 Å². The largest absolute Gasteiger partial charge is 0.370 e. The smallest absolute Gasteiger partial charge is 0.188 e. The van der Waals surface area contributed by atoms with Gasteiger partial charge in [0.1, 0.15) is 0 Å². The predicted molar refractivity (Wildman–Crippen MR) is 74.2 cm³/mol. The molecule has 1 aliphatic heterocycles. The average Bonchev–Trinajstić information content (AvgIpc) is 2.34. The third-order valence-corrected chi connectivity index (χ3v) is 3.19. The zero-order valence-electron chi connectivity index (χ0n) is 11.2. The molecular formula is C13H26N4. The van der Waals surface area contributed by atoms with Gasteiger partial charge in [-0.05, 0) is 32.9 Å². The summed E-state index contributed by atoms with van der Waals surface area (Å²) in [6.45, 7) is 11.8. The molecule has 1 rings (SSSR count). The fourth-order valence-electron chi connectivity index (χ4n) is 2.21. The Labute approximate surface area is 105 Å². The Kier molecular flexibility index (Phi) is 6.05. The van der Waals surface area contributed by atoms with Gasteiger partial charge in [0.25, 0.3) is 0 Å². The van der Waals surface area contributed by atoms with Crippen LogP contribution in [0.4, 0.5) is 0 Å². The van der Waals surface area contributed by atoms with Gasteiger partial charge in [0.2, 0.25) is 0 Å². The highest BCUT2D eigenvalue weighted by molar-refractivity contribution is 5.77. The molecule has 98 valence electrons. The summed E-state index contributed by atoms with van der Waals surface area (Å²) in [6, 6.07) is 0.604. The van der Waals surface area contributed by atoms with Crippen molar-refractivity contribution in [3.63, 3.8) is 0 Å². The van der Waals surface area contributed by atoms with Gasteiger partial charge in [0.15, 0.2) is 5.96 Å². The Morgan fingerprint density at radius 3 is 2.94 bits per heavy atom. The third-order valence-electron chi connectivity index (χ3n) is 3.19. The lowest BCUT2D eigenvalue weighted by molar-refractivity contribution is 0.157. The molecule has 0 amide bonds. The maximum Gasteiger partial charge on any atom is 0.188 e. The Balaban J connectivity index is 2.32.